The number of hydrogen-bond acceptors (Lipinski definition) is 4. The maximum absolute atomic E-state index is 11.3. The molecule has 1 aromatic carbocycles. The van der Waals surface area contributed by atoms with E-state index in [-0.39, 0.29) is 6.54 Å². The molecule has 1 aromatic heterocycles. The van der Waals surface area contributed by atoms with E-state index in [9.17, 15) is 14.8 Å². The monoisotopic (exact) mass is 364 g/mol. The zero-order valence-electron chi connectivity index (χ0n) is 13.2. The maximum atomic E-state index is 11.3. The molecular formula is C17H17ClN2O3S. The van der Waals surface area contributed by atoms with Gasteiger partial charge in [-0.3, -0.25) is 4.79 Å². The minimum absolute atomic E-state index is 0.0963. The highest BCUT2D eigenvalue weighted by Crippen LogP contribution is 2.45. The Morgan fingerprint density at radius 2 is 2.12 bits per heavy atom. The summed E-state index contributed by atoms with van der Waals surface area (Å²) in [6, 6.07) is 7.06. The first kappa shape index (κ1) is 17.0. The van der Waals surface area contributed by atoms with E-state index in [0.29, 0.717) is 11.4 Å². The Labute approximate surface area is 149 Å². The molecule has 2 aromatic rings. The van der Waals surface area contributed by atoms with Crippen LogP contribution in [0.3, 0.4) is 0 Å². The van der Waals surface area contributed by atoms with Crippen LogP contribution in [0.1, 0.15) is 35.8 Å². The summed E-state index contributed by atoms with van der Waals surface area (Å²) >= 11 is 7.47. The summed E-state index contributed by atoms with van der Waals surface area (Å²) in [6.07, 6.45) is 2.33. The van der Waals surface area contributed by atoms with Crippen molar-refractivity contribution in [3.05, 3.63) is 51.1 Å². The van der Waals surface area contributed by atoms with E-state index in [1.165, 1.54) is 11.8 Å². The molecule has 7 heteroatoms. The van der Waals surface area contributed by atoms with Crippen LogP contribution in [-0.2, 0) is 17.8 Å². The van der Waals surface area contributed by atoms with Gasteiger partial charge < -0.3 is 9.67 Å². The number of aliphatic carboxylic acids is 1. The van der Waals surface area contributed by atoms with Crippen LogP contribution in [0.5, 0.6) is 0 Å². The summed E-state index contributed by atoms with van der Waals surface area (Å²) < 4.78 is 1.81. The predicted molar refractivity (Wildman–Crippen MR) is 93.9 cm³/mol. The third-order valence-electron chi connectivity index (χ3n) is 4.29. The van der Waals surface area contributed by atoms with Crippen molar-refractivity contribution in [3.8, 4) is 0 Å². The van der Waals surface area contributed by atoms with Gasteiger partial charge in [-0.1, -0.05) is 28.5 Å². The Kier molecular flexibility index (Phi) is 4.96. The van der Waals surface area contributed by atoms with E-state index in [1.54, 1.807) is 0 Å². The van der Waals surface area contributed by atoms with Crippen molar-refractivity contribution in [1.82, 2.24) is 4.57 Å². The number of benzene rings is 1. The van der Waals surface area contributed by atoms with E-state index < -0.39 is 12.0 Å². The van der Waals surface area contributed by atoms with Gasteiger partial charge in [0.15, 0.2) is 0 Å². The molecule has 0 saturated carbocycles. The summed E-state index contributed by atoms with van der Waals surface area (Å²) in [5.74, 6) is -0.889. The molecule has 126 valence electrons. The number of carboxylic acids is 1. The van der Waals surface area contributed by atoms with Crippen LogP contribution in [-0.4, -0.2) is 15.6 Å². The molecule has 0 bridgehead atoms. The Morgan fingerprint density at radius 1 is 1.42 bits per heavy atom. The molecule has 1 N–H and O–H groups in total. The second kappa shape index (κ2) is 6.99. The number of carbonyl (C=O) groups is 1. The number of carboxylic acid groups (broad SMARTS) is 1. The van der Waals surface area contributed by atoms with Gasteiger partial charge in [-0.25, -0.2) is 0 Å². The van der Waals surface area contributed by atoms with Gasteiger partial charge >= 0.3 is 5.97 Å². The quantitative estimate of drug-likeness (QED) is 0.771. The number of fused-ring (bicyclic) bond motifs is 1. The molecule has 1 heterocycles. The van der Waals surface area contributed by atoms with Gasteiger partial charge in [0, 0.05) is 31.8 Å². The first-order chi connectivity index (χ1) is 11.5. The molecule has 1 atom stereocenters. The summed E-state index contributed by atoms with van der Waals surface area (Å²) in [5, 5.41) is 13.2. The highest BCUT2D eigenvalue weighted by atomic mass is 35.5. The van der Waals surface area contributed by atoms with Gasteiger partial charge in [0.1, 0.15) is 12.6 Å². The van der Waals surface area contributed by atoms with Crippen molar-refractivity contribution >= 4 is 29.3 Å². The van der Waals surface area contributed by atoms with Gasteiger partial charge in [-0.05, 0) is 50.5 Å². The average molecular weight is 365 g/mol. The van der Waals surface area contributed by atoms with Crippen molar-refractivity contribution in [2.75, 3.05) is 0 Å². The molecule has 5 nitrogen and oxygen atoms in total. The third kappa shape index (κ3) is 3.21. The lowest BCUT2D eigenvalue weighted by Crippen LogP contribution is -2.16. The summed E-state index contributed by atoms with van der Waals surface area (Å²) in [4.78, 5) is 24.5. The zero-order chi connectivity index (χ0) is 17.3. The molecule has 1 unspecified atom stereocenters. The normalized spacial score (nSPS) is 16.7. The Morgan fingerprint density at radius 3 is 2.75 bits per heavy atom. The van der Waals surface area contributed by atoms with Crippen LogP contribution < -0.4 is 0 Å². The van der Waals surface area contributed by atoms with Crippen LogP contribution >= 0.6 is 23.4 Å². The highest BCUT2D eigenvalue weighted by molar-refractivity contribution is 7.99. The average Bonchev–Trinajstić information content (AvgIpc) is 2.82. The van der Waals surface area contributed by atoms with Crippen LogP contribution in [0.2, 0.25) is 5.02 Å². The molecule has 24 heavy (non-hydrogen) atoms. The van der Waals surface area contributed by atoms with Gasteiger partial charge in [0.2, 0.25) is 0 Å². The topological polar surface area (TPSA) is 71.7 Å². The minimum Gasteiger partial charge on any atom is -0.480 e. The minimum atomic E-state index is -0.889. The van der Waals surface area contributed by atoms with E-state index in [1.807, 2.05) is 35.8 Å². The smallest absolute Gasteiger partial charge is 0.323 e. The molecular weight excluding hydrogens is 348 g/mol. The van der Waals surface area contributed by atoms with Gasteiger partial charge in [-0.2, -0.15) is 4.91 Å². The molecule has 0 aliphatic heterocycles. The fourth-order valence-electron chi connectivity index (χ4n) is 3.22. The first-order valence-corrected chi connectivity index (χ1v) is 8.90. The first-order valence-electron chi connectivity index (χ1n) is 7.70. The lowest BCUT2D eigenvalue weighted by Gasteiger charge is -2.19. The summed E-state index contributed by atoms with van der Waals surface area (Å²) in [7, 11) is 0. The largest absolute Gasteiger partial charge is 0.480 e. The summed E-state index contributed by atoms with van der Waals surface area (Å²) in [5.41, 5.74) is 2.70. The van der Waals surface area contributed by atoms with Crippen LogP contribution in [0.15, 0.2) is 39.2 Å². The molecule has 1 aliphatic rings. The molecule has 3 rings (SSSR count). The molecule has 1 aliphatic carbocycles. The molecule has 0 fully saturated rings. The van der Waals surface area contributed by atoms with Crippen LogP contribution in [0, 0.1) is 11.8 Å². The highest BCUT2D eigenvalue weighted by Gasteiger charge is 2.31. The second-order valence-corrected chi connectivity index (χ2v) is 7.34. The van der Waals surface area contributed by atoms with Gasteiger partial charge in [-0.15, -0.1) is 0 Å². The van der Waals surface area contributed by atoms with Gasteiger partial charge in [0.25, 0.3) is 0 Å². The Balaban J connectivity index is 2.09. The number of nitrogens with zero attached hydrogens (tertiary/aromatic N) is 2. The van der Waals surface area contributed by atoms with E-state index in [0.717, 1.165) is 39.6 Å². The molecule has 0 radical (unpaired) electrons. The number of halogens is 1. The SMILES string of the molecule is Cc1c(Sc2ccc(Cl)cc2)c2c(n1CC(=O)O)CCCC2N=O. The number of rotatable bonds is 5. The maximum Gasteiger partial charge on any atom is 0.323 e. The Hall–Kier alpha value is -1.79. The molecule has 0 spiro atoms. The van der Waals surface area contributed by atoms with E-state index in [2.05, 4.69) is 5.18 Å². The van der Waals surface area contributed by atoms with Crippen LogP contribution in [0.4, 0.5) is 0 Å². The number of aromatic nitrogens is 1. The Bertz CT molecular complexity index is 786. The van der Waals surface area contributed by atoms with E-state index >= 15 is 0 Å². The third-order valence-corrected chi connectivity index (χ3v) is 5.77. The van der Waals surface area contributed by atoms with Crippen molar-refractivity contribution < 1.29 is 9.90 Å². The fraction of sp³-hybridized carbons (Fsp3) is 0.353. The zero-order valence-corrected chi connectivity index (χ0v) is 14.7. The van der Waals surface area contributed by atoms with Crippen molar-refractivity contribution in [2.45, 2.75) is 48.6 Å². The number of hydrogen-bond donors (Lipinski definition) is 1. The van der Waals surface area contributed by atoms with E-state index in [4.69, 9.17) is 11.6 Å². The lowest BCUT2D eigenvalue weighted by molar-refractivity contribution is -0.137. The van der Waals surface area contributed by atoms with Crippen molar-refractivity contribution in [2.24, 2.45) is 5.18 Å². The van der Waals surface area contributed by atoms with Gasteiger partial charge in [0.05, 0.1) is 0 Å². The fourth-order valence-corrected chi connectivity index (χ4v) is 4.48. The molecule has 0 saturated heterocycles. The van der Waals surface area contributed by atoms with Crippen molar-refractivity contribution in [1.29, 1.82) is 0 Å². The lowest BCUT2D eigenvalue weighted by atomic mass is 9.93. The predicted octanol–water partition coefficient (Wildman–Crippen LogP) is 4.83. The second-order valence-electron chi connectivity index (χ2n) is 5.82. The summed E-state index contributed by atoms with van der Waals surface area (Å²) in [6.45, 7) is 1.81. The standard InChI is InChI=1S/C17H17ClN2O3S/c1-10-17(24-12-7-5-11(18)6-8-12)16-13(19-23)3-2-4-14(16)20(10)9-15(21)22/h5-8,13H,2-4,9H2,1H3,(H,21,22). The van der Waals surface area contributed by atoms with Crippen LogP contribution in [0.25, 0.3) is 0 Å². The number of nitroso groups, excluding NO2 is 1. The molecule has 0 amide bonds. The van der Waals surface area contributed by atoms with Crippen molar-refractivity contribution in [3.63, 3.8) is 0 Å².